The Morgan fingerprint density at radius 1 is 1.59 bits per heavy atom. The van der Waals surface area contributed by atoms with E-state index in [4.69, 9.17) is 16.3 Å². The number of alkyl halides is 1. The summed E-state index contributed by atoms with van der Waals surface area (Å²) in [5.41, 5.74) is -0.289. The molecule has 0 spiro atoms. The highest BCUT2D eigenvalue weighted by molar-refractivity contribution is 6.18. The van der Waals surface area contributed by atoms with Crippen molar-refractivity contribution in [3.63, 3.8) is 0 Å². The Morgan fingerprint density at radius 2 is 2.24 bits per heavy atom. The highest BCUT2D eigenvalue weighted by atomic mass is 35.5. The van der Waals surface area contributed by atoms with Crippen molar-refractivity contribution in [3.05, 3.63) is 0 Å². The van der Waals surface area contributed by atoms with Crippen LogP contribution in [0.4, 0.5) is 0 Å². The number of halogens is 1. The summed E-state index contributed by atoms with van der Waals surface area (Å²) in [6.07, 6.45) is 1.63. The van der Waals surface area contributed by atoms with Crippen LogP contribution in [0.1, 0.15) is 40.5 Å². The summed E-state index contributed by atoms with van der Waals surface area (Å²) in [5.74, 6) is 1.12. The molecule has 0 saturated carbocycles. The molecular formula is C13H24ClNO2. The molecule has 1 heterocycles. The van der Waals surface area contributed by atoms with E-state index in [2.05, 4.69) is 13.8 Å². The van der Waals surface area contributed by atoms with Crippen molar-refractivity contribution in [2.45, 2.75) is 52.2 Å². The molecule has 0 aliphatic carbocycles. The van der Waals surface area contributed by atoms with Crippen molar-refractivity contribution in [1.82, 2.24) is 4.90 Å². The summed E-state index contributed by atoms with van der Waals surface area (Å²) < 4.78 is 5.81. The van der Waals surface area contributed by atoms with Crippen LogP contribution in [0.5, 0.6) is 0 Å². The molecule has 1 fully saturated rings. The summed E-state index contributed by atoms with van der Waals surface area (Å²) in [5, 5.41) is 0. The molecule has 0 radical (unpaired) electrons. The second kappa shape index (κ2) is 6.05. The maximum Gasteiger partial charge on any atom is 0.223 e. The molecule has 0 aromatic carbocycles. The first-order valence-electron chi connectivity index (χ1n) is 6.39. The number of amides is 1. The van der Waals surface area contributed by atoms with Crippen LogP contribution in [-0.4, -0.2) is 41.5 Å². The quantitative estimate of drug-likeness (QED) is 0.729. The SMILES string of the molecule is CCC(C)CC(=O)N1CC(CCl)OC(C)(C)C1. The summed E-state index contributed by atoms with van der Waals surface area (Å²) in [7, 11) is 0. The molecule has 1 aliphatic heterocycles. The lowest BCUT2D eigenvalue weighted by atomic mass is 10.0. The summed E-state index contributed by atoms with van der Waals surface area (Å²) in [6.45, 7) is 9.54. The van der Waals surface area contributed by atoms with E-state index in [0.717, 1.165) is 6.42 Å². The number of morpholine rings is 1. The third kappa shape index (κ3) is 4.47. The molecule has 0 aromatic heterocycles. The van der Waals surface area contributed by atoms with Crippen LogP contribution in [-0.2, 0) is 9.53 Å². The Hall–Kier alpha value is -0.280. The lowest BCUT2D eigenvalue weighted by molar-refractivity contribution is -0.158. The number of nitrogens with zero attached hydrogens (tertiary/aromatic N) is 1. The molecule has 0 aromatic rings. The van der Waals surface area contributed by atoms with E-state index in [1.165, 1.54) is 0 Å². The average molecular weight is 262 g/mol. The zero-order valence-electron chi connectivity index (χ0n) is 11.3. The van der Waals surface area contributed by atoms with Crippen LogP contribution in [0.25, 0.3) is 0 Å². The van der Waals surface area contributed by atoms with Crippen LogP contribution in [0.2, 0.25) is 0 Å². The van der Waals surface area contributed by atoms with Gasteiger partial charge in [0.1, 0.15) is 0 Å². The highest BCUT2D eigenvalue weighted by Gasteiger charge is 2.35. The van der Waals surface area contributed by atoms with Crippen LogP contribution in [0, 0.1) is 5.92 Å². The fraction of sp³-hybridized carbons (Fsp3) is 0.923. The predicted molar refractivity (Wildman–Crippen MR) is 70.3 cm³/mol. The molecular weight excluding hydrogens is 238 g/mol. The van der Waals surface area contributed by atoms with E-state index in [9.17, 15) is 4.79 Å². The van der Waals surface area contributed by atoms with E-state index >= 15 is 0 Å². The summed E-state index contributed by atoms with van der Waals surface area (Å²) >= 11 is 5.85. The average Bonchev–Trinajstić information content (AvgIpc) is 2.26. The van der Waals surface area contributed by atoms with Gasteiger partial charge in [0.15, 0.2) is 0 Å². The van der Waals surface area contributed by atoms with Gasteiger partial charge in [-0.15, -0.1) is 11.6 Å². The highest BCUT2D eigenvalue weighted by Crippen LogP contribution is 2.23. The molecule has 2 unspecified atom stereocenters. The number of ether oxygens (including phenoxy) is 1. The van der Waals surface area contributed by atoms with Gasteiger partial charge in [0.05, 0.1) is 17.6 Å². The predicted octanol–water partition coefficient (Wildman–Crippen LogP) is 2.67. The molecule has 100 valence electrons. The van der Waals surface area contributed by atoms with Crippen molar-refractivity contribution in [3.8, 4) is 0 Å². The number of hydrogen-bond acceptors (Lipinski definition) is 2. The molecule has 4 heteroatoms. The molecule has 0 N–H and O–H groups in total. The number of carbonyl (C=O) groups excluding carboxylic acids is 1. The lowest BCUT2D eigenvalue weighted by Crippen LogP contribution is -2.55. The summed E-state index contributed by atoms with van der Waals surface area (Å²) in [4.78, 5) is 14.0. The van der Waals surface area contributed by atoms with Gasteiger partial charge in [0.25, 0.3) is 0 Å². The van der Waals surface area contributed by atoms with Crippen molar-refractivity contribution in [2.24, 2.45) is 5.92 Å². The van der Waals surface area contributed by atoms with Crippen LogP contribution in [0.3, 0.4) is 0 Å². The zero-order chi connectivity index (χ0) is 13.1. The first kappa shape index (κ1) is 14.8. The van der Waals surface area contributed by atoms with E-state index in [-0.39, 0.29) is 17.6 Å². The molecule has 1 amide bonds. The monoisotopic (exact) mass is 261 g/mol. The second-order valence-electron chi connectivity index (χ2n) is 5.65. The smallest absolute Gasteiger partial charge is 0.223 e. The maximum absolute atomic E-state index is 12.1. The molecule has 2 atom stereocenters. The van der Waals surface area contributed by atoms with Crippen LogP contribution >= 0.6 is 11.6 Å². The first-order valence-corrected chi connectivity index (χ1v) is 6.93. The Balaban J connectivity index is 2.60. The Labute approximate surface area is 109 Å². The van der Waals surface area contributed by atoms with Gasteiger partial charge in [-0.05, 0) is 19.8 Å². The fourth-order valence-corrected chi connectivity index (χ4v) is 2.30. The Morgan fingerprint density at radius 3 is 2.76 bits per heavy atom. The molecule has 1 rings (SSSR count). The molecule has 3 nitrogen and oxygen atoms in total. The van der Waals surface area contributed by atoms with Gasteiger partial charge < -0.3 is 9.64 Å². The van der Waals surface area contributed by atoms with Gasteiger partial charge in [-0.3, -0.25) is 4.79 Å². The van der Waals surface area contributed by atoms with E-state index in [1.54, 1.807) is 0 Å². The van der Waals surface area contributed by atoms with Crippen molar-refractivity contribution < 1.29 is 9.53 Å². The van der Waals surface area contributed by atoms with Gasteiger partial charge in [-0.1, -0.05) is 20.3 Å². The van der Waals surface area contributed by atoms with E-state index in [0.29, 0.717) is 31.3 Å². The van der Waals surface area contributed by atoms with Gasteiger partial charge >= 0.3 is 0 Å². The topological polar surface area (TPSA) is 29.5 Å². The van der Waals surface area contributed by atoms with Gasteiger partial charge in [-0.2, -0.15) is 0 Å². The Kier molecular flexibility index (Phi) is 5.26. The standard InChI is InChI=1S/C13H24ClNO2/c1-5-10(2)6-12(16)15-8-11(7-14)17-13(3,4)9-15/h10-11H,5-9H2,1-4H3. The summed E-state index contributed by atoms with van der Waals surface area (Å²) in [6, 6.07) is 0. The third-order valence-corrected chi connectivity index (χ3v) is 3.57. The largest absolute Gasteiger partial charge is 0.367 e. The Bertz CT molecular complexity index is 268. The first-order chi connectivity index (χ1) is 7.88. The minimum atomic E-state index is -0.289. The maximum atomic E-state index is 12.1. The molecule has 1 saturated heterocycles. The van der Waals surface area contributed by atoms with Gasteiger partial charge in [-0.25, -0.2) is 0 Å². The van der Waals surface area contributed by atoms with E-state index in [1.807, 2.05) is 18.7 Å². The second-order valence-corrected chi connectivity index (χ2v) is 5.95. The number of carbonyl (C=O) groups is 1. The fourth-order valence-electron chi connectivity index (χ4n) is 2.14. The van der Waals surface area contributed by atoms with Crippen LogP contribution in [0.15, 0.2) is 0 Å². The third-order valence-electron chi connectivity index (χ3n) is 3.23. The zero-order valence-corrected chi connectivity index (χ0v) is 12.1. The van der Waals surface area contributed by atoms with Gasteiger partial charge in [0, 0.05) is 19.5 Å². The van der Waals surface area contributed by atoms with Crippen molar-refractivity contribution in [2.75, 3.05) is 19.0 Å². The van der Waals surface area contributed by atoms with Crippen LogP contribution < -0.4 is 0 Å². The normalized spacial score (nSPS) is 25.7. The number of hydrogen-bond donors (Lipinski definition) is 0. The number of rotatable bonds is 4. The van der Waals surface area contributed by atoms with E-state index < -0.39 is 0 Å². The molecule has 0 bridgehead atoms. The van der Waals surface area contributed by atoms with Crippen molar-refractivity contribution >= 4 is 17.5 Å². The minimum absolute atomic E-state index is 0.0405. The lowest BCUT2D eigenvalue weighted by Gasteiger charge is -2.42. The van der Waals surface area contributed by atoms with Crippen molar-refractivity contribution in [1.29, 1.82) is 0 Å². The molecule has 17 heavy (non-hydrogen) atoms. The molecule has 1 aliphatic rings. The van der Waals surface area contributed by atoms with Gasteiger partial charge in [0.2, 0.25) is 5.91 Å². The minimum Gasteiger partial charge on any atom is -0.367 e.